The van der Waals surface area contributed by atoms with Gasteiger partial charge in [0.15, 0.2) is 0 Å². The number of allylic oxidation sites excluding steroid dienone is 2. The quantitative estimate of drug-likeness (QED) is 0.0295. The molecule has 0 saturated heterocycles. The molecule has 8 heteroatoms. The number of carbonyl (C=O) groups excluding carboxylic acids is 1. The van der Waals surface area contributed by atoms with Gasteiger partial charge in [-0.1, -0.05) is 180 Å². The lowest BCUT2D eigenvalue weighted by molar-refractivity contribution is -0.131. The van der Waals surface area contributed by atoms with Crippen LogP contribution in [0, 0.1) is 0 Å². The molecule has 0 aliphatic heterocycles. The zero-order chi connectivity index (χ0) is 34.9. The van der Waals surface area contributed by atoms with Crippen LogP contribution in [0.15, 0.2) is 12.2 Å². The molecule has 0 aromatic heterocycles. The fourth-order valence-electron chi connectivity index (χ4n) is 6.22. The number of aliphatic hydroxyl groups is 2. The molecule has 47 heavy (non-hydrogen) atoms. The summed E-state index contributed by atoms with van der Waals surface area (Å²) in [5.74, 6) is -1.45. The molecule has 3 unspecified atom stereocenters. The van der Waals surface area contributed by atoms with Crippen LogP contribution in [0.25, 0.3) is 0 Å². The van der Waals surface area contributed by atoms with Crippen LogP contribution >= 0.6 is 0 Å². The van der Waals surface area contributed by atoms with Gasteiger partial charge in [-0.2, -0.15) is 8.42 Å². The Morgan fingerprint density at radius 3 is 1.28 bits per heavy atom. The third-order valence-electron chi connectivity index (χ3n) is 9.33. The summed E-state index contributed by atoms with van der Waals surface area (Å²) < 4.78 is 32.5. The van der Waals surface area contributed by atoms with E-state index < -0.39 is 40.0 Å². The van der Waals surface area contributed by atoms with Gasteiger partial charge >= 0.3 is 0 Å². The Hall–Kier alpha value is -0.960. The molecule has 4 N–H and O–H groups in total. The predicted octanol–water partition coefficient (Wildman–Crippen LogP) is 10.4. The van der Waals surface area contributed by atoms with Crippen LogP contribution in [-0.2, 0) is 14.9 Å². The summed E-state index contributed by atoms with van der Waals surface area (Å²) in [6, 6.07) is -1.14. The van der Waals surface area contributed by atoms with Crippen LogP contribution < -0.4 is 5.32 Å². The van der Waals surface area contributed by atoms with Crippen LogP contribution in [-0.4, -0.2) is 53.1 Å². The van der Waals surface area contributed by atoms with E-state index in [1.807, 2.05) is 0 Å². The van der Waals surface area contributed by atoms with Crippen LogP contribution in [0.2, 0.25) is 0 Å². The van der Waals surface area contributed by atoms with E-state index in [9.17, 15) is 28.0 Å². The van der Waals surface area contributed by atoms with Gasteiger partial charge in [0.25, 0.3) is 10.1 Å². The highest BCUT2D eigenvalue weighted by atomic mass is 32.2. The average Bonchev–Trinajstić information content (AvgIpc) is 3.03. The van der Waals surface area contributed by atoms with Crippen LogP contribution in [0.1, 0.15) is 206 Å². The van der Waals surface area contributed by atoms with E-state index in [2.05, 4.69) is 31.3 Å². The number of carbonyl (C=O) groups is 1. The summed E-state index contributed by atoms with van der Waals surface area (Å²) in [5.41, 5.74) is 0. The first-order valence-corrected chi connectivity index (χ1v) is 21.6. The maximum atomic E-state index is 12.6. The van der Waals surface area contributed by atoms with E-state index in [4.69, 9.17) is 0 Å². The second-order valence-electron chi connectivity index (χ2n) is 14.1. The van der Waals surface area contributed by atoms with Gasteiger partial charge in [-0.3, -0.25) is 9.35 Å². The van der Waals surface area contributed by atoms with Gasteiger partial charge in [0.05, 0.1) is 17.9 Å². The van der Waals surface area contributed by atoms with E-state index >= 15 is 0 Å². The minimum absolute atomic E-state index is 0.292. The van der Waals surface area contributed by atoms with E-state index in [0.717, 1.165) is 44.9 Å². The first-order valence-electron chi connectivity index (χ1n) is 20.0. The number of hydrogen-bond acceptors (Lipinski definition) is 5. The average molecular weight is 688 g/mol. The normalized spacial score (nSPS) is 14.1. The van der Waals surface area contributed by atoms with Crippen molar-refractivity contribution in [2.45, 2.75) is 225 Å². The minimum Gasteiger partial charge on any atom is -0.391 e. The van der Waals surface area contributed by atoms with Crippen molar-refractivity contribution in [3.8, 4) is 0 Å². The second-order valence-corrected chi connectivity index (χ2v) is 15.6. The van der Waals surface area contributed by atoms with Gasteiger partial charge in [0.2, 0.25) is 5.91 Å². The highest BCUT2D eigenvalue weighted by molar-refractivity contribution is 7.85. The lowest BCUT2D eigenvalue weighted by atomic mass is 10.0. The Morgan fingerprint density at radius 2 is 0.894 bits per heavy atom. The van der Waals surface area contributed by atoms with Crippen LogP contribution in [0.3, 0.4) is 0 Å². The van der Waals surface area contributed by atoms with Crippen LogP contribution in [0.4, 0.5) is 0 Å². The molecule has 0 radical (unpaired) electrons. The largest absolute Gasteiger partial charge is 0.391 e. The summed E-state index contributed by atoms with van der Waals surface area (Å²) in [6.45, 7) is 4.49. The molecule has 7 nitrogen and oxygen atoms in total. The molecule has 0 rings (SSSR count). The number of rotatable bonds is 36. The Labute approximate surface area is 291 Å². The van der Waals surface area contributed by atoms with Crippen molar-refractivity contribution in [1.29, 1.82) is 0 Å². The summed E-state index contributed by atoms with van der Waals surface area (Å²) in [4.78, 5) is 12.6. The standard InChI is InChI=1S/C39H77NO6S/c1-3-5-7-9-11-13-15-16-17-18-19-20-21-22-24-26-28-30-32-34-38(42)39(43)40-36(35-47(44,45)46)37(41)33-31-29-27-25-23-14-12-10-8-6-4-2/h19-20,36-38,41-42H,3-18,21-35H2,1-2H3,(H,40,43)(H,44,45,46)/b20-19-. The Morgan fingerprint density at radius 1 is 0.553 bits per heavy atom. The Kier molecular flexibility index (Phi) is 32.8. The van der Waals surface area contributed by atoms with Crippen molar-refractivity contribution in [3.63, 3.8) is 0 Å². The number of amides is 1. The van der Waals surface area contributed by atoms with Crippen molar-refractivity contribution in [3.05, 3.63) is 12.2 Å². The molecule has 280 valence electrons. The van der Waals surface area contributed by atoms with Gasteiger partial charge in [-0.25, -0.2) is 0 Å². The summed E-state index contributed by atoms with van der Waals surface area (Å²) in [6.07, 6.45) is 36.6. The highest BCUT2D eigenvalue weighted by Crippen LogP contribution is 2.16. The molecule has 0 spiro atoms. The Bertz CT molecular complexity index is 818. The molecular weight excluding hydrogens is 610 g/mol. The highest BCUT2D eigenvalue weighted by Gasteiger charge is 2.28. The van der Waals surface area contributed by atoms with Gasteiger partial charge in [-0.05, 0) is 38.5 Å². The van der Waals surface area contributed by atoms with Crippen molar-refractivity contribution < 1.29 is 28.0 Å². The van der Waals surface area contributed by atoms with E-state index in [1.165, 1.54) is 122 Å². The van der Waals surface area contributed by atoms with Gasteiger partial charge < -0.3 is 15.5 Å². The molecule has 0 aromatic rings. The summed E-state index contributed by atoms with van der Waals surface area (Å²) in [7, 11) is -4.40. The topological polar surface area (TPSA) is 124 Å². The molecular formula is C39H77NO6S. The van der Waals surface area contributed by atoms with E-state index in [0.29, 0.717) is 25.7 Å². The first-order chi connectivity index (χ1) is 22.7. The minimum atomic E-state index is -4.40. The van der Waals surface area contributed by atoms with Crippen molar-refractivity contribution in [1.82, 2.24) is 5.32 Å². The smallest absolute Gasteiger partial charge is 0.266 e. The van der Waals surface area contributed by atoms with E-state index in [-0.39, 0.29) is 0 Å². The third-order valence-corrected chi connectivity index (χ3v) is 10.1. The third kappa shape index (κ3) is 33.3. The molecule has 0 aromatic carbocycles. The molecule has 0 aliphatic carbocycles. The zero-order valence-electron chi connectivity index (χ0n) is 30.8. The molecule has 1 amide bonds. The number of nitrogens with one attached hydrogen (secondary N) is 1. The number of hydrogen-bond donors (Lipinski definition) is 4. The predicted molar refractivity (Wildman–Crippen MR) is 199 cm³/mol. The van der Waals surface area contributed by atoms with Gasteiger partial charge in [-0.15, -0.1) is 0 Å². The zero-order valence-corrected chi connectivity index (χ0v) is 31.6. The second kappa shape index (κ2) is 33.5. The molecule has 0 heterocycles. The maximum absolute atomic E-state index is 12.6. The number of unbranched alkanes of at least 4 members (excludes halogenated alkanes) is 25. The van der Waals surface area contributed by atoms with Crippen molar-refractivity contribution >= 4 is 16.0 Å². The fourth-order valence-corrected chi connectivity index (χ4v) is 6.98. The first kappa shape index (κ1) is 46.0. The SMILES string of the molecule is CCCCCCCCCCC/C=C\CCCCCCCCC(O)C(=O)NC(CS(=O)(=O)O)C(O)CCCCCCCCCCCCC. The fraction of sp³-hybridized carbons (Fsp3) is 0.923. The molecule has 0 fully saturated rings. The summed E-state index contributed by atoms with van der Waals surface area (Å²) >= 11 is 0. The monoisotopic (exact) mass is 688 g/mol. The molecule has 0 bridgehead atoms. The molecule has 0 saturated carbocycles. The maximum Gasteiger partial charge on any atom is 0.266 e. The van der Waals surface area contributed by atoms with Crippen molar-refractivity contribution in [2.75, 3.05) is 5.75 Å². The lowest BCUT2D eigenvalue weighted by Crippen LogP contribution is -2.50. The molecule has 3 atom stereocenters. The van der Waals surface area contributed by atoms with Gasteiger partial charge in [0.1, 0.15) is 6.10 Å². The van der Waals surface area contributed by atoms with Crippen LogP contribution in [0.5, 0.6) is 0 Å². The number of aliphatic hydroxyl groups excluding tert-OH is 2. The lowest BCUT2D eigenvalue weighted by Gasteiger charge is -2.24. The van der Waals surface area contributed by atoms with E-state index in [1.54, 1.807) is 0 Å². The Balaban J connectivity index is 3.96. The van der Waals surface area contributed by atoms with Crippen molar-refractivity contribution in [2.24, 2.45) is 0 Å². The molecule has 0 aliphatic rings. The summed E-state index contributed by atoms with van der Waals surface area (Å²) in [5, 5.41) is 23.5. The van der Waals surface area contributed by atoms with Gasteiger partial charge in [0, 0.05) is 0 Å².